The third-order valence-corrected chi connectivity index (χ3v) is 6.58. The van der Waals surface area contributed by atoms with Crippen molar-refractivity contribution in [2.75, 3.05) is 32.8 Å². The predicted octanol–water partition coefficient (Wildman–Crippen LogP) is 3.37. The number of nitrogens with zero attached hydrogens (tertiary/aromatic N) is 1. The Kier molecular flexibility index (Phi) is 5.50. The van der Waals surface area contributed by atoms with Crippen LogP contribution in [0.25, 0.3) is 0 Å². The van der Waals surface area contributed by atoms with E-state index in [-0.39, 0.29) is 5.82 Å². The minimum Gasteiger partial charge on any atom is -0.490 e. The van der Waals surface area contributed by atoms with Crippen LogP contribution in [0.5, 0.6) is 17.2 Å². The van der Waals surface area contributed by atoms with Crippen LogP contribution in [-0.4, -0.2) is 53.6 Å². The molecule has 0 saturated carbocycles. The number of aliphatic hydroxyl groups excluding tert-OH is 2. The summed E-state index contributed by atoms with van der Waals surface area (Å²) in [7, 11) is 0. The molecular formula is C24H28FNO5. The van der Waals surface area contributed by atoms with E-state index in [1.807, 2.05) is 18.2 Å². The largest absolute Gasteiger partial charge is 0.490 e. The second kappa shape index (κ2) is 8.30. The summed E-state index contributed by atoms with van der Waals surface area (Å²) in [5, 5.41) is 21.4. The van der Waals surface area contributed by atoms with E-state index in [2.05, 4.69) is 4.90 Å². The van der Waals surface area contributed by atoms with Crippen molar-refractivity contribution in [1.29, 1.82) is 0 Å². The Morgan fingerprint density at radius 1 is 1.03 bits per heavy atom. The molecule has 3 aliphatic rings. The molecule has 2 atom stereocenters. The lowest BCUT2D eigenvalue weighted by molar-refractivity contribution is -0.0589. The molecule has 2 aromatic rings. The third kappa shape index (κ3) is 4.22. The van der Waals surface area contributed by atoms with E-state index in [9.17, 15) is 14.6 Å². The van der Waals surface area contributed by atoms with Crippen LogP contribution in [0.2, 0.25) is 0 Å². The van der Waals surface area contributed by atoms with Crippen LogP contribution in [0.1, 0.15) is 49.0 Å². The van der Waals surface area contributed by atoms with Crippen molar-refractivity contribution in [2.45, 2.75) is 43.5 Å². The van der Waals surface area contributed by atoms with Crippen LogP contribution in [-0.2, 0) is 0 Å². The lowest BCUT2D eigenvalue weighted by atomic mass is 9.81. The fourth-order valence-corrected chi connectivity index (χ4v) is 4.80. The van der Waals surface area contributed by atoms with Crippen molar-refractivity contribution >= 4 is 0 Å². The van der Waals surface area contributed by atoms with E-state index >= 15 is 0 Å². The van der Waals surface area contributed by atoms with Gasteiger partial charge in [-0.15, -0.1) is 0 Å². The lowest BCUT2D eigenvalue weighted by Crippen LogP contribution is -2.51. The molecule has 2 N–H and O–H groups in total. The minimum absolute atomic E-state index is 0.365. The Hall–Kier alpha value is -2.35. The fourth-order valence-electron chi connectivity index (χ4n) is 4.80. The number of piperidine rings is 1. The number of ether oxygens (including phenoxy) is 3. The van der Waals surface area contributed by atoms with Gasteiger partial charge in [0.1, 0.15) is 17.2 Å². The average Bonchev–Trinajstić information content (AvgIpc) is 3.01. The van der Waals surface area contributed by atoms with Gasteiger partial charge in [-0.3, -0.25) is 0 Å². The normalized spacial score (nSPS) is 23.5. The van der Waals surface area contributed by atoms with Gasteiger partial charge in [0.25, 0.3) is 0 Å². The highest BCUT2D eigenvalue weighted by molar-refractivity contribution is 5.44. The van der Waals surface area contributed by atoms with Crippen LogP contribution in [0, 0.1) is 5.82 Å². The van der Waals surface area contributed by atoms with Gasteiger partial charge in [-0.05, 0) is 48.7 Å². The molecule has 0 amide bonds. The number of fused-ring (bicyclic) bond motifs is 2. The van der Waals surface area contributed by atoms with Crippen LogP contribution in [0.15, 0.2) is 36.4 Å². The number of benzene rings is 2. The zero-order valence-electron chi connectivity index (χ0n) is 17.4. The van der Waals surface area contributed by atoms with Crippen LogP contribution >= 0.6 is 0 Å². The summed E-state index contributed by atoms with van der Waals surface area (Å²) in [5.74, 6) is 1.62. The van der Waals surface area contributed by atoms with Crippen molar-refractivity contribution in [2.24, 2.45) is 0 Å². The maximum atomic E-state index is 13.5. The second-order valence-electron chi connectivity index (χ2n) is 8.76. The van der Waals surface area contributed by atoms with E-state index in [4.69, 9.17) is 14.2 Å². The number of halogens is 1. The summed E-state index contributed by atoms with van der Waals surface area (Å²) >= 11 is 0. The SMILES string of the molecule is O[C@@H]1CC2(CCN(C[C@H](O)c3ccc4c(c3)OCCCO4)CC2)Oc2ccc(F)cc21. The number of likely N-dealkylation sites (tertiary alicyclic amines) is 1. The molecule has 3 aliphatic heterocycles. The maximum Gasteiger partial charge on any atom is 0.161 e. The Balaban J connectivity index is 1.21. The average molecular weight is 429 g/mol. The molecule has 0 unspecified atom stereocenters. The van der Waals surface area contributed by atoms with Crippen molar-refractivity contribution in [3.05, 3.63) is 53.3 Å². The Morgan fingerprint density at radius 3 is 2.58 bits per heavy atom. The highest BCUT2D eigenvalue weighted by atomic mass is 19.1. The first-order chi connectivity index (χ1) is 15.0. The van der Waals surface area contributed by atoms with Crippen molar-refractivity contribution < 1.29 is 28.8 Å². The summed E-state index contributed by atoms with van der Waals surface area (Å²) in [6.07, 6.45) is 1.44. The highest BCUT2D eigenvalue weighted by Gasteiger charge is 2.43. The fraction of sp³-hybridized carbons (Fsp3) is 0.500. The standard InChI is InChI=1S/C24H28FNO5/c25-17-3-5-21-18(13-17)19(27)14-24(31-21)6-8-26(9-7-24)15-20(28)16-2-4-22-23(12-16)30-11-1-10-29-22/h2-5,12-13,19-20,27-28H,1,6-11,14-15H2/t19-,20+/m1/s1. The van der Waals surface area contributed by atoms with Gasteiger partial charge >= 0.3 is 0 Å². The van der Waals surface area contributed by atoms with Gasteiger partial charge in [-0.2, -0.15) is 0 Å². The summed E-state index contributed by atoms with van der Waals surface area (Å²) in [6.45, 7) is 3.28. The van der Waals surface area contributed by atoms with Crippen molar-refractivity contribution in [3.63, 3.8) is 0 Å². The van der Waals surface area contributed by atoms with Gasteiger partial charge in [0.15, 0.2) is 11.5 Å². The van der Waals surface area contributed by atoms with Gasteiger partial charge < -0.3 is 29.3 Å². The molecule has 0 aromatic heterocycles. The van der Waals surface area contributed by atoms with Gasteiger partial charge in [0.05, 0.1) is 25.4 Å². The number of rotatable bonds is 3. The molecule has 6 nitrogen and oxygen atoms in total. The van der Waals surface area contributed by atoms with Gasteiger partial charge in [-0.25, -0.2) is 4.39 Å². The van der Waals surface area contributed by atoms with Crippen molar-refractivity contribution in [3.8, 4) is 17.2 Å². The summed E-state index contributed by atoms with van der Waals surface area (Å²) in [5.41, 5.74) is 0.892. The summed E-state index contributed by atoms with van der Waals surface area (Å²) < 4.78 is 31.2. The molecule has 0 radical (unpaired) electrons. The summed E-state index contributed by atoms with van der Waals surface area (Å²) in [6, 6.07) is 9.95. The molecule has 1 fully saturated rings. The molecule has 3 heterocycles. The molecular weight excluding hydrogens is 401 g/mol. The zero-order chi connectivity index (χ0) is 21.4. The minimum atomic E-state index is -0.724. The first kappa shape index (κ1) is 20.5. The lowest BCUT2D eigenvalue weighted by Gasteiger charge is -2.46. The second-order valence-corrected chi connectivity index (χ2v) is 8.76. The van der Waals surface area contributed by atoms with Crippen LogP contribution < -0.4 is 14.2 Å². The van der Waals surface area contributed by atoms with E-state index < -0.39 is 17.8 Å². The third-order valence-electron chi connectivity index (χ3n) is 6.58. The number of β-amino-alcohol motifs (C(OH)–C–C–N with tert-alkyl or cyclic N) is 1. The quantitative estimate of drug-likeness (QED) is 0.780. The number of hydrogen-bond donors (Lipinski definition) is 2. The first-order valence-electron chi connectivity index (χ1n) is 11.0. The van der Waals surface area contributed by atoms with E-state index in [1.165, 1.54) is 12.1 Å². The first-order valence-corrected chi connectivity index (χ1v) is 11.0. The predicted molar refractivity (Wildman–Crippen MR) is 112 cm³/mol. The Labute approximate surface area is 181 Å². The monoisotopic (exact) mass is 429 g/mol. The van der Waals surface area contributed by atoms with E-state index in [0.29, 0.717) is 43.2 Å². The molecule has 1 spiro atoms. The molecule has 0 bridgehead atoms. The molecule has 7 heteroatoms. The van der Waals surface area contributed by atoms with Gasteiger partial charge in [-0.1, -0.05) is 6.07 Å². The molecule has 5 rings (SSSR count). The van der Waals surface area contributed by atoms with Gasteiger partial charge in [0.2, 0.25) is 0 Å². The smallest absolute Gasteiger partial charge is 0.161 e. The molecule has 31 heavy (non-hydrogen) atoms. The number of hydrogen-bond acceptors (Lipinski definition) is 6. The molecule has 166 valence electrons. The van der Waals surface area contributed by atoms with Gasteiger partial charge in [0, 0.05) is 38.0 Å². The molecule has 2 aromatic carbocycles. The van der Waals surface area contributed by atoms with Crippen molar-refractivity contribution in [1.82, 2.24) is 4.90 Å². The topological polar surface area (TPSA) is 71.4 Å². The maximum absolute atomic E-state index is 13.5. The van der Waals surface area contributed by atoms with Crippen LogP contribution in [0.3, 0.4) is 0 Å². The van der Waals surface area contributed by atoms with Crippen LogP contribution in [0.4, 0.5) is 4.39 Å². The van der Waals surface area contributed by atoms with E-state index in [1.54, 1.807) is 6.07 Å². The molecule has 1 saturated heterocycles. The summed E-state index contributed by atoms with van der Waals surface area (Å²) in [4.78, 5) is 2.22. The van der Waals surface area contributed by atoms with E-state index in [0.717, 1.165) is 43.7 Å². The molecule has 0 aliphatic carbocycles. The Bertz CT molecular complexity index is 944. The Morgan fingerprint density at radius 2 is 1.77 bits per heavy atom. The highest BCUT2D eigenvalue weighted by Crippen LogP contribution is 2.44. The zero-order valence-corrected chi connectivity index (χ0v) is 17.4. The number of aliphatic hydroxyl groups is 2.